The lowest BCUT2D eigenvalue weighted by atomic mass is 9.83. The van der Waals surface area contributed by atoms with E-state index in [0.717, 1.165) is 5.92 Å². The Labute approximate surface area is 76.4 Å². The summed E-state index contributed by atoms with van der Waals surface area (Å²) in [7, 11) is 0. The van der Waals surface area contributed by atoms with Crippen molar-refractivity contribution in [3.8, 4) is 0 Å². The molecule has 0 heteroatoms. The third-order valence-corrected chi connectivity index (χ3v) is 2.72. The van der Waals surface area contributed by atoms with Crippen LogP contribution in [0.25, 0.3) is 0 Å². The number of hydrogen-bond donors (Lipinski definition) is 0. The van der Waals surface area contributed by atoms with Crippen LogP contribution in [0.5, 0.6) is 0 Å². The molecule has 0 aromatic rings. The lowest BCUT2D eigenvalue weighted by molar-refractivity contribution is 0.602. The highest BCUT2D eigenvalue weighted by Crippen LogP contribution is 2.32. The Balaban J connectivity index is 2.91. The zero-order valence-corrected chi connectivity index (χ0v) is 8.61. The summed E-state index contributed by atoms with van der Waals surface area (Å²) in [4.78, 5) is 0. The maximum Gasteiger partial charge on any atom is -0.0254 e. The third kappa shape index (κ3) is 2.00. The van der Waals surface area contributed by atoms with Gasteiger partial charge in [0.15, 0.2) is 0 Å². The van der Waals surface area contributed by atoms with E-state index >= 15 is 0 Å². The highest BCUT2D eigenvalue weighted by atomic mass is 14.2. The van der Waals surface area contributed by atoms with Crippen LogP contribution in [-0.2, 0) is 0 Å². The van der Waals surface area contributed by atoms with E-state index in [4.69, 9.17) is 0 Å². The van der Waals surface area contributed by atoms with E-state index < -0.39 is 0 Å². The van der Waals surface area contributed by atoms with Gasteiger partial charge in [0, 0.05) is 0 Å². The normalized spacial score (nSPS) is 18.7. The van der Waals surface area contributed by atoms with E-state index in [0.29, 0.717) is 0 Å². The van der Waals surface area contributed by atoms with Gasteiger partial charge in [-0.25, -0.2) is 0 Å². The summed E-state index contributed by atoms with van der Waals surface area (Å²) >= 11 is 0. The molecule has 0 saturated heterocycles. The number of allylic oxidation sites excluding steroid dienone is 3. The zero-order valence-electron chi connectivity index (χ0n) is 8.61. The number of rotatable bonds is 2. The first-order valence-electron chi connectivity index (χ1n) is 5.00. The van der Waals surface area contributed by atoms with E-state index in [-0.39, 0.29) is 0 Å². The van der Waals surface area contributed by atoms with Crippen LogP contribution in [0, 0.1) is 5.92 Å². The second-order valence-electron chi connectivity index (χ2n) is 4.15. The first-order valence-corrected chi connectivity index (χ1v) is 5.00. The van der Waals surface area contributed by atoms with Crippen LogP contribution in [0.2, 0.25) is 0 Å². The quantitative estimate of drug-likeness (QED) is 0.576. The van der Waals surface area contributed by atoms with Gasteiger partial charge >= 0.3 is 0 Å². The van der Waals surface area contributed by atoms with Crippen molar-refractivity contribution < 1.29 is 0 Å². The molecule has 1 aliphatic rings. The van der Waals surface area contributed by atoms with Crippen molar-refractivity contribution in [1.82, 2.24) is 0 Å². The smallest absolute Gasteiger partial charge is 0.0254 e. The van der Waals surface area contributed by atoms with Crippen molar-refractivity contribution in [2.75, 3.05) is 0 Å². The second-order valence-corrected chi connectivity index (χ2v) is 4.15. The maximum atomic E-state index is 4.05. The summed E-state index contributed by atoms with van der Waals surface area (Å²) in [5.41, 5.74) is 4.52. The van der Waals surface area contributed by atoms with E-state index in [1.54, 1.807) is 11.1 Å². The van der Waals surface area contributed by atoms with Gasteiger partial charge in [0.2, 0.25) is 0 Å². The van der Waals surface area contributed by atoms with Crippen molar-refractivity contribution >= 4 is 0 Å². The summed E-state index contributed by atoms with van der Waals surface area (Å²) in [5.74, 6) is 0.719. The standard InChI is InChI=1S/C12H20/c1-9(2)11-7-5-6-8-12(11)10(3)4/h10H,1,5-8H2,2-4H3. The molecule has 0 aromatic heterocycles. The molecule has 0 heterocycles. The van der Waals surface area contributed by atoms with Crippen molar-refractivity contribution in [3.63, 3.8) is 0 Å². The Bertz CT molecular complexity index is 206. The molecule has 68 valence electrons. The van der Waals surface area contributed by atoms with Gasteiger partial charge < -0.3 is 0 Å². The molecule has 12 heavy (non-hydrogen) atoms. The Kier molecular flexibility index (Phi) is 3.13. The largest absolute Gasteiger partial charge is 0.0958 e. The van der Waals surface area contributed by atoms with Gasteiger partial charge in [-0.1, -0.05) is 31.6 Å². The van der Waals surface area contributed by atoms with E-state index in [1.165, 1.54) is 31.3 Å². The molecule has 0 radical (unpaired) electrons. The van der Waals surface area contributed by atoms with Crippen molar-refractivity contribution in [2.24, 2.45) is 5.92 Å². The van der Waals surface area contributed by atoms with Crippen LogP contribution in [0.15, 0.2) is 23.3 Å². The molecule has 0 bridgehead atoms. The van der Waals surface area contributed by atoms with Crippen molar-refractivity contribution in [2.45, 2.75) is 46.5 Å². The molecule has 0 fully saturated rings. The summed E-state index contributed by atoms with van der Waals surface area (Å²) in [6.45, 7) is 10.8. The van der Waals surface area contributed by atoms with Crippen LogP contribution in [0.4, 0.5) is 0 Å². The Hall–Kier alpha value is -0.520. The predicted molar refractivity (Wildman–Crippen MR) is 55.1 cm³/mol. The lowest BCUT2D eigenvalue weighted by Crippen LogP contribution is -2.05. The van der Waals surface area contributed by atoms with Gasteiger partial charge in [-0.3, -0.25) is 0 Å². The molecule has 0 aliphatic heterocycles. The minimum atomic E-state index is 0.719. The highest BCUT2D eigenvalue weighted by Gasteiger charge is 2.15. The van der Waals surface area contributed by atoms with E-state index in [9.17, 15) is 0 Å². The predicted octanol–water partition coefficient (Wildman–Crippen LogP) is 4.09. The maximum absolute atomic E-state index is 4.05. The van der Waals surface area contributed by atoms with Gasteiger partial charge in [-0.2, -0.15) is 0 Å². The summed E-state index contributed by atoms with van der Waals surface area (Å²) < 4.78 is 0. The molecule has 0 amide bonds. The molecule has 1 rings (SSSR count). The fourth-order valence-corrected chi connectivity index (χ4v) is 2.05. The lowest BCUT2D eigenvalue weighted by Gasteiger charge is -2.23. The van der Waals surface area contributed by atoms with Gasteiger partial charge in [0.05, 0.1) is 0 Å². The van der Waals surface area contributed by atoms with Crippen molar-refractivity contribution in [3.05, 3.63) is 23.3 Å². The topological polar surface area (TPSA) is 0 Å². The van der Waals surface area contributed by atoms with Gasteiger partial charge in [0.25, 0.3) is 0 Å². The molecule has 0 unspecified atom stereocenters. The van der Waals surface area contributed by atoms with Crippen molar-refractivity contribution in [1.29, 1.82) is 0 Å². The number of hydrogen-bond acceptors (Lipinski definition) is 0. The van der Waals surface area contributed by atoms with Crippen LogP contribution >= 0.6 is 0 Å². The SMILES string of the molecule is C=C(C)C1=C(C(C)C)CCCC1. The molecule has 0 nitrogen and oxygen atoms in total. The molecule has 0 N–H and O–H groups in total. The summed E-state index contributed by atoms with van der Waals surface area (Å²) in [6.07, 6.45) is 5.31. The van der Waals surface area contributed by atoms with Gasteiger partial charge in [-0.15, -0.1) is 0 Å². The zero-order chi connectivity index (χ0) is 9.14. The Morgan fingerprint density at radius 2 is 1.83 bits per heavy atom. The molecule has 1 aliphatic carbocycles. The molecule has 0 aromatic carbocycles. The average Bonchev–Trinajstić information content (AvgIpc) is 2.04. The Morgan fingerprint density at radius 1 is 1.25 bits per heavy atom. The van der Waals surface area contributed by atoms with Gasteiger partial charge in [0.1, 0.15) is 0 Å². The molecule has 0 atom stereocenters. The summed E-state index contributed by atoms with van der Waals surface area (Å²) in [5, 5.41) is 0. The first-order chi connectivity index (χ1) is 5.63. The van der Waals surface area contributed by atoms with Crippen LogP contribution in [0.3, 0.4) is 0 Å². The van der Waals surface area contributed by atoms with Crippen LogP contribution < -0.4 is 0 Å². The highest BCUT2D eigenvalue weighted by molar-refractivity contribution is 5.34. The monoisotopic (exact) mass is 164 g/mol. The first kappa shape index (κ1) is 9.57. The third-order valence-electron chi connectivity index (χ3n) is 2.72. The second kappa shape index (κ2) is 3.93. The fraction of sp³-hybridized carbons (Fsp3) is 0.667. The molecule has 0 saturated carbocycles. The molecular formula is C12H20. The van der Waals surface area contributed by atoms with Crippen LogP contribution in [0.1, 0.15) is 46.5 Å². The molecule has 0 spiro atoms. The van der Waals surface area contributed by atoms with E-state index in [1.807, 2.05) is 0 Å². The Morgan fingerprint density at radius 3 is 2.25 bits per heavy atom. The fourth-order valence-electron chi connectivity index (χ4n) is 2.05. The summed E-state index contributed by atoms with van der Waals surface area (Å²) in [6, 6.07) is 0. The molecular weight excluding hydrogens is 144 g/mol. The van der Waals surface area contributed by atoms with Crippen LogP contribution in [-0.4, -0.2) is 0 Å². The average molecular weight is 164 g/mol. The minimum absolute atomic E-state index is 0.719. The minimum Gasteiger partial charge on any atom is -0.0958 e. The van der Waals surface area contributed by atoms with E-state index in [2.05, 4.69) is 27.4 Å². The van der Waals surface area contributed by atoms with Gasteiger partial charge in [-0.05, 0) is 44.1 Å².